The summed E-state index contributed by atoms with van der Waals surface area (Å²) < 4.78 is 11.0. The fraction of sp³-hybridized carbons (Fsp3) is 0.923. The van der Waals surface area contributed by atoms with Gasteiger partial charge in [0.15, 0.2) is 0 Å². The average Bonchev–Trinajstić information content (AvgIpc) is 2.82. The highest BCUT2D eigenvalue weighted by Gasteiger charge is 2.30. The van der Waals surface area contributed by atoms with Crippen LogP contribution in [0.15, 0.2) is 12.2 Å². The minimum atomic E-state index is -0.952. The van der Waals surface area contributed by atoms with Crippen molar-refractivity contribution in [2.75, 3.05) is 46.2 Å². The molecule has 0 aliphatic rings. The third-order valence-corrected chi connectivity index (χ3v) is 5.81. The fourth-order valence-electron chi connectivity index (χ4n) is 3.48. The zero-order valence-electron chi connectivity index (χ0n) is 20.7. The van der Waals surface area contributed by atoms with Crippen molar-refractivity contribution in [3.8, 4) is 0 Å². The molecular weight excluding hydrogens is 408 g/mol. The molecule has 0 aromatic heterocycles. The Balaban J connectivity index is 3.53. The molecule has 0 aromatic carbocycles. The van der Waals surface area contributed by atoms with E-state index in [-0.39, 0.29) is 39.6 Å². The number of allylic oxidation sites excluding steroid dienone is 2. The fourth-order valence-corrected chi connectivity index (χ4v) is 3.48. The smallest absolute Gasteiger partial charge is 0.100 e. The van der Waals surface area contributed by atoms with Crippen molar-refractivity contribution in [2.45, 2.75) is 103 Å². The van der Waals surface area contributed by atoms with Gasteiger partial charge in [-0.2, -0.15) is 0 Å². The van der Waals surface area contributed by atoms with Gasteiger partial charge in [-0.3, -0.25) is 0 Å². The summed E-state index contributed by atoms with van der Waals surface area (Å²) in [6, 6.07) is 0. The topological polar surface area (TPSA) is 99.4 Å². The first-order chi connectivity index (χ1) is 15.6. The first kappa shape index (κ1) is 31.5. The lowest BCUT2D eigenvalue weighted by atomic mass is 9.92. The third kappa shape index (κ3) is 19.0. The number of aliphatic hydroxyl groups excluding tert-OH is 4. The van der Waals surface area contributed by atoms with Crippen LogP contribution in [0.4, 0.5) is 0 Å². The van der Waals surface area contributed by atoms with Crippen LogP contribution >= 0.6 is 0 Å². The van der Waals surface area contributed by atoms with Crippen molar-refractivity contribution < 1.29 is 29.9 Å². The van der Waals surface area contributed by atoms with E-state index in [1.807, 2.05) is 0 Å². The second kappa shape index (κ2) is 23.7. The molecular formula is C26H52O6. The van der Waals surface area contributed by atoms with Crippen LogP contribution in [0, 0.1) is 5.41 Å². The first-order valence-corrected chi connectivity index (χ1v) is 12.9. The maximum Gasteiger partial charge on any atom is 0.100 e. The minimum Gasteiger partial charge on any atom is -0.396 e. The summed E-state index contributed by atoms with van der Waals surface area (Å²) in [4.78, 5) is 0. The van der Waals surface area contributed by atoms with E-state index >= 15 is 0 Å². The number of hydrogen-bond acceptors (Lipinski definition) is 6. The molecule has 192 valence electrons. The monoisotopic (exact) mass is 460 g/mol. The van der Waals surface area contributed by atoms with E-state index < -0.39 is 11.5 Å². The first-order valence-electron chi connectivity index (χ1n) is 12.9. The Kier molecular flexibility index (Phi) is 23.3. The van der Waals surface area contributed by atoms with E-state index in [2.05, 4.69) is 19.1 Å². The zero-order valence-corrected chi connectivity index (χ0v) is 20.7. The lowest BCUT2D eigenvalue weighted by molar-refractivity contribution is -0.0923. The van der Waals surface area contributed by atoms with Gasteiger partial charge in [0.2, 0.25) is 0 Å². The van der Waals surface area contributed by atoms with Gasteiger partial charge in [-0.25, -0.2) is 0 Å². The van der Waals surface area contributed by atoms with Gasteiger partial charge in [-0.15, -0.1) is 0 Å². The standard InChI is InChI=1S/C26H52O6/c1-2-3-4-5-6-7-8-9-10-11-12-13-14-15-16-17-18-31-23-26(21-28,22-29)24-32-20-25(30)19-27/h9-10,25,27-30H,2-8,11-24H2,1H3. The molecule has 0 aliphatic heterocycles. The minimum absolute atomic E-state index is 0.0346. The Labute approximate surface area is 197 Å². The van der Waals surface area contributed by atoms with Gasteiger partial charge in [-0.1, -0.05) is 76.9 Å². The van der Waals surface area contributed by atoms with Crippen molar-refractivity contribution in [1.29, 1.82) is 0 Å². The van der Waals surface area contributed by atoms with Gasteiger partial charge < -0.3 is 29.9 Å². The van der Waals surface area contributed by atoms with Crippen molar-refractivity contribution in [3.05, 3.63) is 12.2 Å². The van der Waals surface area contributed by atoms with Gasteiger partial charge in [0.1, 0.15) is 6.10 Å². The number of unbranched alkanes of at least 4 members (excludes halogenated alkanes) is 12. The summed E-state index contributed by atoms with van der Waals surface area (Å²) in [6.45, 7) is 2.21. The van der Waals surface area contributed by atoms with Gasteiger partial charge in [0, 0.05) is 6.61 Å². The van der Waals surface area contributed by atoms with Crippen LogP contribution in [0.5, 0.6) is 0 Å². The summed E-state index contributed by atoms with van der Waals surface area (Å²) in [5.74, 6) is 0. The lowest BCUT2D eigenvalue weighted by Gasteiger charge is -2.29. The highest BCUT2D eigenvalue weighted by molar-refractivity contribution is 4.81. The van der Waals surface area contributed by atoms with Crippen LogP contribution in [0.2, 0.25) is 0 Å². The Bertz CT molecular complexity index is 398. The molecule has 0 fully saturated rings. The number of aliphatic hydroxyl groups is 4. The predicted octanol–water partition coefficient (Wildman–Crippen LogP) is 4.38. The molecule has 32 heavy (non-hydrogen) atoms. The van der Waals surface area contributed by atoms with Gasteiger partial charge in [-0.05, 0) is 32.1 Å². The van der Waals surface area contributed by atoms with Crippen molar-refractivity contribution in [3.63, 3.8) is 0 Å². The number of ether oxygens (including phenoxy) is 2. The summed E-state index contributed by atoms with van der Waals surface area (Å²) in [5, 5.41) is 37.3. The van der Waals surface area contributed by atoms with Crippen LogP contribution in [0.1, 0.15) is 96.8 Å². The van der Waals surface area contributed by atoms with E-state index in [9.17, 15) is 15.3 Å². The SMILES string of the molecule is CCCCCCCCC=CCCCCCCCCOCC(CO)(CO)COCC(O)CO. The van der Waals surface area contributed by atoms with E-state index in [1.54, 1.807) is 0 Å². The molecule has 6 heteroatoms. The van der Waals surface area contributed by atoms with E-state index in [0.29, 0.717) is 6.61 Å². The number of hydrogen-bond donors (Lipinski definition) is 4. The van der Waals surface area contributed by atoms with Crippen LogP contribution in [0.3, 0.4) is 0 Å². The quantitative estimate of drug-likeness (QED) is 0.119. The van der Waals surface area contributed by atoms with Gasteiger partial charge in [0.05, 0.1) is 45.1 Å². The molecule has 0 amide bonds. The summed E-state index contributed by atoms with van der Waals surface area (Å²) in [6.07, 6.45) is 21.5. The Morgan fingerprint density at radius 2 is 1.19 bits per heavy atom. The molecule has 0 radical (unpaired) electrons. The predicted molar refractivity (Wildman–Crippen MR) is 131 cm³/mol. The Morgan fingerprint density at radius 1 is 0.688 bits per heavy atom. The van der Waals surface area contributed by atoms with E-state index in [1.165, 1.54) is 77.0 Å². The maximum absolute atomic E-state index is 9.61. The summed E-state index contributed by atoms with van der Waals surface area (Å²) in [7, 11) is 0. The van der Waals surface area contributed by atoms with Crippen molar-refractivity contribution in [1.82, 2.24) is 0 Å². The Morgan fingerprint density at radius 3 is 1.72 bits per heavy atom. The number of rotatable bonds is 25. The molecule has 0 aromatic rings. The zero-order chi connectivity index (χ0) is 23.8. The summed E-state index contributed by atoms with van der Waals surface area (Å²) >= 11 is 0. The molecule has 0 heterocycles. The highest BCUT2D eigenvalue weighted by Crippen LogP contribution is 2.18. The van der Waals surface area contributed by atoms with E-state index in [0.717, 1.165) is 12.8 Å². The average molecular weight is 461 g/mol. The molecule has 0 rings (SSSR count). The second-order valence-corrected chi connectivity index (χ2v) is 9.16. The van der Waals surface area contributed by atoms with Crippen molar-refractivity contribution in [2.24, 2.45) is 5.41 Å². The molecule has 0 aliphatic carbocycles. The molecule has 1 atom stereocenters. The van der Waals surface area contributed by atoms with Gasteiger partial charge in [0.25, 0.3) is 0 Å². The maximum atomic E-state index is 9.61. The molecule has 6 nitrogen and oxygen atoms in total. The molecule has 0 saturated heterocycles. The molecule has 4 N–H and O–H groups in total. The Hall–Kier alpha value is -0.500. The molecule has 0 saturated carbocycles. The normalized spacial score (nSPS) is 13.3. The van der Waals surface area contributed by atoms with Crippen LogP contribution in [-0.2, 0) is 9.47 Å². The molecule has 1 unspecified atom stereocenters. The molecule has 0 bridgehead atoms. The van der Waals surface area contributed by atoms with Crippen LogP contribution < -0.4 is 0 Å². The second-order valence-electron chi connectivity index (χ2n) is 9.16. The third-order valence-electron chi connectivity index (χ3n) is 5.81. The van der Waals surface area contributed by atoms with Crippen LogP contribution in [0.25, 0.3) is 0 Å². The lowest BCUT2D eigenvalue weighted by Crippen LogP contribution is -2.40. The van der Waals surface area contributed by atoms with Crippen LogP contribution in [-0.4, -0.2) is 72.8 Å². The van der Waals surface area contributed by atoms with E-state index in [4.69, 9.17) is 14.6 Å². The van der Waals surface area contributed by atoms with Crippen molar-refractivity contribution >= 4 is 0 Å². The van der Waals surface area contributed by atoms with Gasteiger partial charge >= 0.3 is 0 Å². The molecule has 0 spiro atoms. The summed E-state index contributed by atoms with van der Waals surface area (Å²) in [5.41, 5.74) is -0.877. The highest BCUT2D eigenvalue weighted by atomic mass is 16.5. The largest absolute Gasteiger partial charge is 0.396 e.